The fourth-order valence-corrected chi connectivity index (χ4v) is 6.34. The van der Waals surface area contributed by atoms with Crippen LogP contribution >= 0.6 is 0 Å². The van der Waals surface area contributed by atoms with Gasteiger partial charge in [-0.2, -0.15) is 4.98 Å². The molecule has 0 amide bonds. The van der Waals surface area contributed by atoms with E-state index in [1.165, 1.54) is 12.7 Å². The molecule has 36 heavy (non-hydrogen) atoms. The van der Waals surface area contributed by atoms with Gasteiger partial charge in [-0.05, 0) is 65.5 Å². The Morgan fingerprint density at radius 2 is 1.94 bits per heavy atom. The molecule has 0 radical (unpaired) electrons. The van der Waals surface area contributed by atoms with Crippen molar-refractivity contribution in [2.24, 2.45) is 0 Å². The molecule has 0 unspecified atom stereocenters. The number of ketones is 1. The molecule has 3 aromatic heterocycles. The number of aromatic nitrogens is 5. The van der Waals surface area contributed by atoms with E-state index in [1.54, 1.807) is 12.4 Å². The number of Topliss-reactive ketones (excluding diaryl/α,β-unsaturated/α-hetero) is 1. The lowest BCUT2D eigenvalue weighted by Gasteiger charge is -2.36. The zero-order chi connectivity index (χ0) is 24.7. The van der Waals surface area contributed by atoms with E-state index in [4.69, 9.17) is 19.2 Å². The highest BCUT2D eigenvalue weighted by Gasteiger charge is 2.48. The molecule has 2 fully saturated rings. The minimum Gasteiger partial charge on any atom is -0.473 e. The molecular formula is C27H32N6O3. The molecule has 4 heterocycles. The fraction of sp³-hybridized carbons (Fsp3) is 0.556. The second kappa shape index (κ2) is 9.35. The number of likely N-dealkylation sites (tertiary alicyclic amines) is 1. The van der Waals surface area contributed by atoms with Crippen molar-refractivity contribution < 1.29 is 14.1 Å². The van der Waals surface area contributed by atoms with Crippen molar-refractivity contribution in [1.29, 1.82) is 0 Å². The van der Waals surface area contributed by atoms with Gasteiger partial charge in [-0.3, -0.25) is 9.69 Å². The number of carbonyl (C=O) groups excluding carboxylic acids is 1. The summed E-state index contributed by atoms with van der Waals surface area (Å²) in [7, 11) is 2.14. The van der Waals surface area contributed by atoms with Gasteiger partial charge in [0.1, 0.15) is 18.2 Å². The van der Waals surface area contributed by atoms with Gasteiger partial charge in [0.25, 0.3) is 0 Å². The lowest BCUT2D eigenvalue weighted by molar-refractivity contribution is -0.128. The van der Waals surface area contributed by atoms with Crippen molar-refractivity contribution in [2.45, 2.75) is 82.3 Å². The van der Waals surface area contributed by atoms with Crippen LogP contribution in [0.15, 0.2) is 29.3 Å². The summed E-state index contributed by atoms with van der Waals surface area (Å²) in [5, 5.41) is 4.45. The van der Waals surface area contributed by atoms with Crippen LogP contribution < -0.4 is 4.74 Å². The van der Waals surface area contributed by atoms with Crippen LogP contribution in [0.5, 0.6) is 5.88 Å². The highest BCUT2D eigenvalue weighted by atomic mass is 16.5. The van der Waals surface area contributed by atoms with Crippen LogP contribution in [0.25, 0.3) is 22.8 Å². The third-order valence-corrected chi connectivity index (χ3v) is 8.24. The summed E-state index contributed by atoms with van der Waals surface area (Å²) in [5.41, 5.74) is 2.47. The van der Waals surface area contributed by atoms with Gasteiger partial charge in [0.05, 0.1) is 11.1 Å². The zero-order valence-electron chi connectivity index (χ0n) is 20.9. The van der Waals surface area contributed by atoms with Gasteiger partial charge in [-0.25, -0.2) is 15.0 Å². The minimum atomic E-state index is -0.539. The van der Waals surface area contributed by atoms with Crippen LogP contribution in [0.3, 0.4) is 0 Å². The van der Waals surface area contributed by atoms with Crippen molar-refractivity contribution in [3.05, 3.63) is 36.1 Å². The Kier molecular flexibility index (Phi) is 6.03. The van der Waals surface area contributed by atoms with E-state index < -0.39 is 5.41 Å². The first-order valence-electron chi connectivity index (χ1n) is 13.1. The second-order valence-corrected chi connectivity index (χ2v) is 10.5. The summed E-state index contributed by atoms with van der Waals surface area (Å²) < 4.78 is 12.3. The first-order chi connectivity index (χ1) is 17.5. The molecule has 1 saturated heterocycles. The predicted octanol–water partition coefficient (Wildman–Crippen LogP) is 4.17. The molecule has 188 valence electrons. The maximum atomic E-state index is 13.1. The molecule has 3 aromatic rings. The highest BCUT2D eigenvalue weighted by Crippen LogP contribution is 2.47. The van der Waals surface area contributed by atoms with Gasteiger partial charge < -0.3 is 9.26 Å². The molecule has 0 aromatic carbocycles. The molecule has 3 atom stereocenters. The van der Waals surface area contributed by atoms with E-state index in [2.05, 4.69) is 34.0 Å². The van der Waals surface area contributed by atoms with E-state index in [1.807, 2.05) is 6.07 Å². The third kappa shape index (κ3) is 3.99. The number of rotatable bonds is 5. The Balaban J connectivity index is 1.41. The zero-order valence-corrected chi connectivity index (χ0v) is 20.9. The number of hydrogen-bond acceptors (Lipinski definition) is 9. The number of hydrogen-bond donors (Lipinski definition) is 0. The number of fused-ring (bicyclic) bond motifs is 2. The van der Waals surface area contributed by atoms with Crippen LogP contribution in [0.2, 0.25) is 0 Å². The summed E-state index contributed by atoms with van der Waals surface area (Å²) in [6.45, 7) is 3.17. The molecule has 0 N–H and O–H groups in total. The van der Waals surface area contributed by atoms with Gasteiger partial charge in [-0.15, -0.1) is 0 Å². The van der Waals surface area contributed by atoms with Crippen molar-refractivity contribution in [1.82, 2.24) is 30.0 Å². The van der Waals surface area contributed by atoms with Crippen molar-refractivity contribution in [3.8, 4) is 28.7 Å². The Hall–Kier alpha value is -3.20. The first kappa shape index (κ1) is 23.2. The van der Waals surface area contributed by atoms with Crippen molar-refractivity contribution >= 4 is 5.78 Å². The molecule has 1 saturated carbocycles. The predicted molar refractivity (Wildman–Crippen MR) is 132 cm³/mol. The SMILES string of the molecule is C[C@H](Oc1cc(-c2cncnc2)nc(-c2noc3c2CCC[C@@]32CCCCC2=O)n1)[C@@H]1CCCN1C. The second-order valence-electron chi connectivity index (χ2n) is 10.5. The third-order valence-electron chi connectivity index (χ3n) is 8.24. The highest BCUT2D eigenvalue weighted by molar-refractivity contribution is 5.91. The van der Waals surface area contributed by atoms with E-state index in [9.17, 15) is 4.79 Å². The Labute approximate surface area is 210 Å². The van der Waals surface area contributed by atoms with E-state index in [-0.39, 0.29) is 11.9 Å². The standard InChI is InChI=1S/C27H32N6O3/c1-17(21-8-6-12-33(21)2)35-23-13-20(18-14-28-16-29-15-18)30-26(31-23)24-19-7-5-11-27(25(19)36-32-24)10-4-3-9-22(27)34/h13-17,21H,3-12H2,1-2H3/t17-,21-,27+/m0/s1. The molecular weight excluding hydrogens is 456 g/mol. The van der Waals surface area contributed by atoms with Crippen molar-refractivity contribution in [2.75, 3.05) is 13.6 Å². The van der Waals surface area contributed by atoms with Crippen molar-refractivity contribution in [3.63, 3.8) is 0 Å². The van der Waals surface area contributed by atoms with Crippen LogP contribution in [-0.2, 0) is 16.6 Å². The maximum Gasteiger partial charge on any atom is 0.217 e. The van der Waals surface area contributed by atoms with Crippen LogP contribution in [0.4, 0.5) is 0 Å². The smallest absolute Gasteiger partial charge is 0.217 e. The van der Waals surface area contributed by atoms with E-state index >= 15 is 0 Å². The molecule has 1 spiro atoms. The largest absolute Gasteiger partial charge is 0.473 e. The average Bonchev–Trinajstić information content (AvgIpc) is 3.53. The van der Waals surface area contributed by atoms with Gasteiger partial charge in [0.15, 0.2) is 17.3 Å². The number of nitrogens with zero attached hydrogens (tertiary/aromatic N) is 6. The first-order valence-corrected chi connectivity index (χ1v) is 13.1. The molecule has 0 bridgehead atoms. The molecule has 2 aliphatic carbocycles. The van der Waals surface area contributed by atoms with Crippen LogP contribution in [-0.4, -0.2) is 61.5 Å². The van der Waals surface area contributed by atoms with E-state index in [0.717, 1.165) is 68.4 Å². The normalized spacial score (nSPS) is 25.2. The fourth-order valence-electron chi connectivity index (χ4n) is 6.34. The quantitative estimate of drug-likeness (QED) is 0.523. The summed E-state index contributed by atoms with van der Waals surface area (Å²) >= 11 is 0. The van der Waals surface area contributed by atoms with Gasteiger partial charge >= 0.3 is 0 Å². The summed E-state index contributed by atoms with van der Waals surface area (Å²) in [6.07, 6.45) is 13.2. The number of ether oxygens (including phenoxy) is 1. The lowest BCUT2D eigenvalue weighted by atomic mass is 9.64. The number of carbonyl (C=O) groups is 1. The van der Waals surface area contributed by atoms with Crippen LogP contribution in [0.1, 0.15) is 69.6 Å². The molecule has 9 heteroatoms. The maximum absolute atomic E-state index is 13.1. The number of likely N-dealkylation sites (N-methyl/N-ethyl adjacent to an activating group) is 1. The Bertz CT molecular complexity index is 1260. The van der Waals surface area contributed by atoms with Gasteiger partial charge in [-0.1, -0.05) is 11.6 Å². The summed E-state index contributed by atoms with van der Waals surface area (Å²) in [6, 6.07) is 2.18. The molecule has 1 aliphatic heterocycles. The Morgan fingerprint density at radius 1 is 1.11 bits per heavy atom. The van der Waals surface area contributed by atoms with Gasteiger partial charge in [0.2, 0.25) is 5.88 Å². The monoisotopic (exact) mass is 488 g/mol. The lowest BCUT2D eigenvalue weighted by Crippen LogP contribution is -2.41. The summed E-state index contributed by atoms with van der Waals surface area (Å²) in [5.74, 6) is 1.95. The Morgan fingerprint density at radius 3 is 2.72 bits per heavy atom. The van der Waals surface area contributed by atoms with E-state index in [0.29, 0.717) is 35.6 Å². The molecule has 6 rings (SSSR count). The molecule has 3 aliphatic rings. The average molecular weight is 489 g/mol. The van der Waals surface area contributed by atoms with Crippen LogP contribution in [0, 0.1) is 0 Å². The van der Waals surface area contributed by atoms with Gasteiger partial charge in [0, 0.05) is 42.0 Å². The molecule has 9 nitrogen and oxygen atoms in total. The summed E-state index contributed by atoms with van der Waals surface area (Å²) in [4.78, 5) is 33.4. The topological polar surface area (TPSA) is 107 Å². The minimum absolute atomic E-state index is 0.0329.